The number of aliphatic hydroxyl groups is 2. The van der Waals surface area contributed by atoms with Crippen LogP contribution in [0.2, 0.25) is 0 Å². The molecule has 0 heterocycles. The molecule has 2 heteroatoms. The standard InChI is InChI=1S/C10H20O2/c11-10(12)8-4-7-9-5-2-1-3-6-9/h9-12H,1-8H2. The van der Waals surface area contributed by atoms with Crippen LogP contribution in [0, 0.1) is 5.92 Å². The zero-order valence-corrected chi connectivity index (χ0v) is 7.71. The lowest BCUT2D eigenvalue weighted by Crippen LogP contribution is -2.08. The molecular weight excluding hydrogens is 152 g/mol. The topological polar surface area (TPSA) is 40.5 Å². The zero-order valence-electron chi connectivity index (χ0n) is 7.71. The van der Waals surface area contributed by atoms with Crippen LogP contribution in [0.15, 0.2) is 0 Å². The lowest BCUT2D eigenvalue weighted by Gasteiger charge is -2.21. The summed E-state index contributed by atoms with van der Waals surface area (Å²) in [7, 11) is 0. The van der Waals surface area contributed by atoms with Crippen molar-refractivity contribution in [1.29, 1.82) is 0 Å². The third-order valence-electron chi connectivity index (χ3n) is 2.80. The molecule has 2 nitrogen and oxygen atoms in total. The van der Waals surface area contributed by atoms with Crippen molar-refractivity contribution in [3.63, 3.8) is 0 Å². The Hall–Kier alpha value is -0.0800. The molecule has 0 spiro atoms. The van der Waals surface area contributed by atoms with Crippen molar-refractivity contribution in [2.24, 2.45) is 5.92 Å². The Kier molecular flexibility index (Phi) is 4.62. The van der Waals surface area contributed by atoms with E-state index in [0.29, 0.717) is 6.42 Å². The third-order valence-corrected chi connectivity index (χ3v) is 2.80. The van der Waals surface area contributed by atoms with Crippen LogP contribution in [-0.2, 0) is 0 Å². The molecule has 0 aliphatic heterocycles. The first-order chi connectivity index (χ1) is 5.79. The van der Waals surface area contributed by atoms with E-state index in [1.165, 1.54) is 38.5 Å². The first-order valence-corrected chi connectivity index (χ1v) is 5.15. The predicted octanol–water partition coefficient (Wildman–Crippen LogP) is 2.05. The summed E-state index contributed by atoms with van der Waals surface area (Å²) >= 11 is 0. The Morgan fingerprint density at radius 1 is 1.08 bits per heavy atom. The fraction of sp³-hybridized carbons (Fsp3) is 1.00. The number of aliphatic hydroxyl groups excluding tert-OH is 1. The first kappa shape index (κ1) is 10.0. The monoisotopic (exact) mass is 172 g/mol. The molecule has 2 N–H and O–H groups in total. The predicted molar refractivity (Wildman–Crippen MR) is 48.7 cm³/mol. The minimum Gasteiger partial charge on any atom is -0.368 e. The van der Waals surface area contributed by atoms with E-state index in [2.05, 4.69) is 0 Å². The van der Waals surface area contributed by atoms with E-state index in [9.17, 15) is 0 Å². The summed E-state index contributed by atoms with van der Waals surface area (Å²) in [5, 5.41) is 17.3. The van der Waals surface area contributed by atoms with Gasteiger partial charge in [-0.2, -0.15) is 0 Å². The van der Waals surface area contributed by atoms with Gasteiger partial charge in [-0.1, -0.05) is 38.5 Å². The molecule has 1 fully saturated rings. The van der Waals surface area contributed by atoms with Crippen LogP contribution >= 0.6 is 0 Å². The summed E-state index contributed by atoms with van der Waals surface area (Å²) in [5.41, 5.74) is 0. The van der Waals surface area contributed by atoms with Gasteiger partial charge in [-0.25, -0.2) is 0 Å². The van der Waals surface area contributed by atoms with E-state index in [1.807, 2.05) is 0 Å². The maximum absolute atomic E-state index is 8.64. The van der Waals surface area contributed by atoms with Gasteiger partial charge in [0.25, 0.3) is 0 Å². The lowest BCUT2D eigenvalue weighted by molar-refractivity contribution is -0.0473. The average Bonchev–Trinajstić information content (AvgIpc) is 2.05. The molecule has 0 saturated heterocycles. The summed E-state index contributed by atoms with van der Waals surface area (Å²) in [6, 6.07) is 0. The molecule has 0 aromatic carbocycles. The maximum atomic E-state index is 8.64. The van der Waals surface area contributed by atoms with Crippen LogP contribution in [0.3, 0.4) is 0 Å². The van der Waals surface area contributed by atoms with Crippen molar-refractivity contribution >= 4 is 0 Å². The largest absolute Gasteiger partial charge is 0.368 e. The van der Waals surface area contributed by atoms with Crippen LogP contribution < -0.4 is 0 Å². The van der Waals surface area contributed by atoms with Crippen LogP contribution in [0.1, 0.15) is 51.4 Å². The molecule has 1 aliphatic carbocycles. The molecular formula is C10H20O2. The van der Waals surface area contributed by atoms with Gasteiger partial charge in [-0.05, 0) is 18.8 Å². The van der Waals surface area contributed by atoms with Gasteiger partial charge >= 0.3 is 0 Å². The van der Waals surface area contributed by atoms with Crippen molar-refractivity contribution in [2.45, 2.75) is 57.7 Å². The van der Waals surface area contributed by atoms with Crippen molar-refractivity contribution in [3.8, 4) is 0 Å². The quantitative estimate of drug-likeness (QED) is 0.637. The van der Waals surface area contributed by atoms with Gasteiger partial charge in [0.05, 0.1) is 0 Å². The highest BCUT2D eigenvalue weighted by atomic mass is 16.5. The van der Waals surface area contributed by atoms with Gasteiger partial charge in [0.1, 0.15) is 0 Å². The van der Waals surface area contributed by atoms with Crippen LogP contribution in [0.25, 0.3) is 0 Å². The summed E-state index contributed by atoms with van der Waals surface area (Å²) < 4.78 is 0. The van der Waals surface area contributed by atoms with Gasteiger partial charge in [0.15, 0.2) is 6.29 Å². The molecule has 1 rings (SSSR count). The molecule has 12 heavy (non-hydrogen) atoms. The number of rotatable bonds is 4. The van der Waals surface area contributed by atoms with E-state index in [-0.39, 0.29) is 0 Å². The van der Waals surface area contributed by atoms with Gasteiger partial charge < -0.3 is 10.2 Å². The highest BCUT2D eigenvalue weighted by molar-refractivity contribution is 4.65. The van der Waals surface area contributed by atoms with Gasteiger partial charge in [0, 0.05) is 0 Å². The van der Waals surface area contributed by atoms with Crippen molar-refractivity contribution in [3.05, 3.63) is 0 Å². The van der Waals surface area contributed by atoms with Crippen LogP contribution in [-0.4, -0.2) is 16.5 Å². The summed E-state index contributed by atoms with van der Waals surface area (Å²) in [5.74, 6) is 0.873. The van der Waals surface area contributed by atoms with E-state index < -0.39 is 6.29 Å². The maximum Gasteiger partial charge on any atom is 0.151 e. The summed E-state index contributed by atoms with van der Waals surface area (Å²) in [6.07, 6.45) is 8.52. The fourth-order valence-electron chi connectivity index (χ4n) is 2.06. The van der Waals surface area contributed by atoms with Crippen LogP contribution in [0.4, 0.5) is 0 Å². The highest BCUT2D eigenvalue weighted by Gasteiger charge is 2.12. The van der Waals surface area contributed by atoms with Gasteiger partial charge in [-0.15, -0.1) is 0 Å². The second-order valence-electron chi connectivity index (χ2n) is 3.92. The smallest absolute Gasteiger partial charge is 0.151 e. The molecule has 1 saturated carbocycles. The molecule has 0 aromatic rings. The molecule has 0 aromatic heterocycles. The Balaban J connectivity index is 1.98. The van der Waals surface area contributed by atoms with E-state index in [0.717, 1.165) is 12.3 Å². The van der Waals surface area contributed by atoms with Crippen molar-refractivity contribution < 1.29 is 10.2 Å². The molecule has 0 bridgehead atoms. The lowest BCUT2D eigenvalue weighted by atomic mass is 9.86. The number of hydrogen-bond donors (Lipinski definition) is 2. The molecule has 0 unspecified atom stereocenters. The minimum atomic E-state index is -1.09. The Morgan fingerprint density at radius 3 is 2.33 bits per heavy atom. The van der Waals surface area contributed by atoms with E-state index in [1.54, 1.807) is 0 Å². The Labute approximate surface area is 74.6 Å². The molecule has 0 amide bonds. The summed E-state index contributed by atoms with van der Waals surface area (Å²) in [4.78, 5) is 0. The zero-order chi connectivity index (χ0) is 8.81. The van der Waals surface area contributed by atoms with Crippen molar-refractivity contribution in [1.82, 2.24) is 0 Å². The highest BCUT2D eigenvalue weighted by Crippen LogP contribution is 2.27. The minimum absolute atomic E-state index is 0.552. The average molecular weight is 172 g/mol. The Morgan fingerprint density at radius 2 is 1.75 bits per heavy atom. The second-order valence-corrected chi connectivity index (χ2v) is 3.92. The molecule has 1 aliphatic rings. The first-order valence-electron chi connectivity index (χ1n) is 5.15. The molecule has 72 valence electrons. The van der Waals surface area contributed by atoms with Crippen LogP contribution in [0.5, 0.6) is 0 Å². The Bertz CT molecular complexity index is 106. The van der Waals surface area contributed by atoms with E-state index in [4.69, 9.17) is 10.2 Å². The SMILES string of the molecule is OC(O)CCCC1CCCCC1. The molecule has 0 radical (unpaired) electrons. The fourth-order valence-corrected chi connectivity index (χ4v) is 2.06. The van der Waals surface area contributed by atoms with Gasteiger partial charge in [-0.3, -0.25) is 0 Å². The van der Waals surface area contributed by atoms with Crippen molar-refractivity contribution in [2.75, 3.05) is 0 Å². The second kappa shape index (κ2) is 5.55. The van der Waals surface area contributed by atoms with Gasteiger partial charge in [0.2, 0.25) is 0 Å². The third kappa shape index (κ3) is 4.07. The van der Waals surface area contributed by atoms with E-state index >= 15 is 0 Å². The number of hydrogen-bond acceptors (Lipinski definition) is 2. The normalized spacial score (nSPS) is 20.2. The molecule has 0 atom stereocenters. The summed E-state index contributed by atoms with van der Waals surface area (Å²) in [6.45, 7) is 0.